The first kappa shape index (κ1) is 9.28. The van der Waals surface area contributed by atoms with Crippen molar-refractivity contribution in [3.05, 3.63) is 35.0 Å². The monoisotopic (exact) mass is 207 g/mol. The van der Waals surface area contributed by atoms with E-state index in [-0.39, 0.29) is 0 Å². The molecule has 72 valence electrons. The van der Waals surface area contributed by atoms with Gasteiger partial charge in [0.1, 0.15) is 5.52 Å². The molecule has 0 atom stereocenters. The van der Waals surface area contributed by atoms with Gasteiger partial charge in [0, 0.05) is 11.1 Å². The van der Waals surface area contributed by atoms with E-state index < -0.39 is 0 Å². The lowest BCUT2D eigenvalue weighted by molar-refractivity contribution is 0.419. The minimum Gasteiger partial charge on any atom is -0.493 e. The Morgan fingerprint density at radius 1 is 1.21 bits per heavy atom. The smallest absolute Gasteiger partial charge is 0.163 e. The van der Waals surface area contributed by atoms with Gasteiger partial charge in [0.05, 0.1) is 12.1 Å². The van der Waals surface area contributed by atoms with Crippen LogP contribution in [0, 0.1) is 6.92 Å². The number of halogens is 1. The largest absolute Gasteiger partial charge is 0.493 e. The highest BCUT2D eigenvalue weighted by Gasteiger charge is 2.07. The third-order valence-corrected chi connectivity index (χ3v) is 2.41. The summed E-state index contributed by atoms with van der Waals surface area (Å²) in [5.41, 5.74) is 1.78. The van der Waals surface area contributed by atoms with Crippen LogP contribution < -0.4 is 4.74 Å². The molecule has 2 nitrogen and oxygen atoms in total. The molecule has 2 rings (SSSR count). The van der Waals surface area contributed by atoms with Crippen LogP contribution in [-0.2, 0) is 0 Å². The number of fused-ring (bicyclic) bond motifs is 1. The lowest BCUT2D eigenvalue weighted by Crippen LogP contribution is -1.90. The molecular weight excluding hydrogens is 198 g/mol. The van der Waals surface area contributed by atoms with Crippen LogP contribution in [0.3, 0.4) is 0 Å². The van der Waals surface area contributed by atoms with Crippen molar-refractivity contribution in [1.82, 2.24) is 4.98 Å². The SMILES string of the molecule is COc1c(Cl)ccc2ccc(C)nc12. The third kappa shape index (κ3) is 1.42. The summed E-state index contributed by atoms with van der Waals surface area (Å²) < 4.78 is 5.22. The number of hydrogen-bond donors (Lipinski definition) is 0. The van der Waals surface area contributed by atoms with Crippen molar-refractivity contribution >= 4 is 22.5 Å². The van der Waals surface area contributed by atoms with Crippen LogP contribution in [0.15, 0.2) is 24.3 Å². The number of ether oxygens (including phenoxy) is 1. The normalized spacial score (nSPS) is 10.5. The maximum atomic E-state index is 5.99. The maximum absolute atomic E-state index is 5.99. The predicted octanol–water partition coefficient (Wildman–Crippen LogP) is 3.21. The summed E-state index contributed by atoms with van der Waals surface area (Å²) >= 11 is 5.99. The second-order valence-electron chi connectivity index (χ2n) is 3.10. The molecule has 0 bridgehead atoms. The van der Waals surface area contributed by atoms with Crippen LogP contribution in [-0.4, -0.2) is 12.1 Å². The van der Waals surface area contributed by atoms with Gasteiger partial charge in [-0.25, -0.2) is 4.98 Å². The number of rotatable bonds is 1. The second kappa shape index (κ2) is 3.46. The lowest BCUT2D eigenvalue weighted by Gasteiger charge is -2.06. The molecular formula is C11H10ClNO. The number of nitrogens with zero attached hydrogens (tertiary/aromatic N) is 1. The molecule has 1 aromatic heterocycles. The molecule has 0 fully saturated rings. The molecule has 1 heterocycles. The maximum Gasteiger partial charge on any atom is 0.163 e. The van der Waals surface area contributed by atoms with Gasteiger partial charge in [-0.3, -0.25) is 0 Å². The van der Waals surface area contributed by atoms with E-state index >= 15 is 0 Å². The van der Waals surface area contributed by atoms with Gasteiger partial charge in [-0.1, -0.05) is 23.7 Å². The van der Waals surface area contributed by atoms with Gasteiger partial charge >= 0.3 is 0 Å². The summed E-state index contributed by atoms with van der Waals surface area (Å²) in [6.07, 6.45) is 0. The average molecular weight is 208 g/mol. The summed E-state index contributed by atoms with van der Waals surface area (Å²) in [5.74, 6) is 0.646. The predicted molar refractivity (Wildman–Crippen MR) is 58.0 cm³/mol. The molecule has 1 aromatic carbocycles. The zero-order valence-corrected chi connectivity index (χ0v) is 8.80. The molecule has 3 heteroatoms. The van der Waals surface area contributed by atoms with Crippen LogP contribution in [0.1, 0.15) is 5.69 Å². The number of benzene rings is 1. The minimum absolute atomic E-state index is 0.595. The van der Waals surface area contributed by atoms with Crippen LogP contribution in [0.4, 0.5) is 0 Å². The molecule has 0 unspecified atom stereocenters. The molecule has 0 saturated carbocycles. The van der Waals surface area contributed by atoms with Crippen molar-refractivity contribution in [3.63, 3.8) is 0 Å². The molecule has 14 heavy (non-hydrogen) atoms. The fourth-order valence-corrected chi connectivity index (χ4v) is 1.66. The Labute approximate surface area is 87.5 Å². The molecule has 2 aromatic rings. The standard InChI is InChI=1S/C11H10ClNO/c1-7-3-4-8-5-6-9(12)11(14-2)10(8)13-7/h3-6H,1-2H3. The zero-order chi connectivity index (χ0) is 10.1. The molecule has 0 spiro atoms. The summed E-state index contributed by atoms with van der Waals surface area (Å²) in [5, 5.41) is 1.63. The quantitative estimate of drug-likeness (QED) is 0.717. The fraction of sp³-hybridized carbons (Fsp3) is 0.182. The molecule has 0 amide bonds. The lowest BCUT2D eigenvalue weighted by atomic mass is 10.2. The Bertz CT molecular complexity index is 477. The van der Waals surface area contributed by atoms with E-state index in [1.807, 2.05) is 31.2 Å². The number of aromatic nitrogens is 1. The van der Waals surface area contributed by atoms with E-state index in [2.05, 4.69) is 4.98 Å². The topological polar surface area (TPSA) is 22.1 Å². The van der Waals surface area contributed by atoms with Gasteiger partial charge in [0.15, 0.2) is 5.75 Å². The van der Waals surface area contributed by atoms with E-state index in [0.29, 0.717) is 10.8 Å². The van der Waals surface area contributed by atoms with E-state index in [0.717, 1.165) is 16.6 Å². The van der Waals surface area contributed by atoms with Gasteiger partial charge in [0.25, 0.3) is 0 Å². The van der Waals surface area contributed by atoms with Crippen LogP contribution in [0.25, 0.3) is 10.9 Å². The second-order valence-corrected chi connectivity index (χ2v) is 3.51. The number of methoxy groups -OCH3 is 1. The first-order valence-electron chi connectivity index (χ1n) is 4.32. The van der Waals surface area contributed by atoms with Gasteiger partial charge in [-0.15, -0.1) is 0 Å². The minimum atomic E-state index is 0.595. The Morgan fingerprint density at radius 2 is 1.93 bits per heavy atom. The van der Waals surface area contributed by atoms with Gasteiger partial charge in [-0.2, -0.15) is 0 Å². The molecule has 0 aliphatic heterocycles. The van der Waals surface area contributed by atoms with Crippen molar-refractivity contribution in [2.75, 3.05) is 7.11 Å². The molecule has 0 aliphatic carbocycles. The zero-order valence-electron chi connectivity index (χ0n) is 8.04. The fourth-order valence-electron chi connectivity index (χ4n) is 1.43. The molecule has 0 radical (unpaired) electrons. The van der Waals surface area contributed by atoms with E-state index in [1.54, 1.807) is 7.11 Å². The summed E-state index contributed by atoms with van der Waals surface area (Å²) in [6, 6.07) is 7.73. The molecule has 0 aliphatic rings. The number of hydrogen-bond acceptors (Lipinski definition) is 2. The first-order chi connectivity index (χ1) is 6.72. The van der Waals surface area contributed by atoms with Gasteiger partial charge in [-0.05, 0) is 19.1 Å². The highest BCUT2D eigenvalue weighted by Crippen LogP contribution is 2.31. The third-order valence-electron chi connectivity index (χ3n) is 2.11. The molecule has 0 saturated heterocycles. The number of pyridine rings is 1. The van der Waals surface area contributed by atoms with Crippen molar-refractivity contribution in [2.24, 2.45) is 0 Å². The van der Waals surface area contributed by atoms with E-state index in [4.69, 9.17) is 16.3 Å². The first-order valence-corrected chi connectivity index (χ1v) is 4.70. The highest BCUT2D eigenvalue weighted by molar-refractivity contribution is 6.33. The Balaban J connectivity index is 2.84. The Morgan fingerprint density at radius 3 is 2.64 bits per heavy atom. The highest BCUT2D eigenvalue weighted by atomic mass is 35.5. The van der Waals surface area contributed by atoms with E-state index in [9.17, 15) is 0 Å². The van der Waals surface area contributed by atoms with Crippen molar-refractivity contribution in [1.29, 1.82) is 0 Å². The van der Waals surface area contributed by atoms with Crippen LogP contribution in [0.2, 0.25) is 5.02 Å². The van der Waals surface area contributed by atoms with E-state index in [1.165, 1.54) is 0 Å². The van der Waals surface area contributed by atoms with Gasteiger partial charge in [0.2, 0.25) is 0 Å². The van der Waals surface area contributed by atoms with Crippen LogP contribution in [0.5, 0.6) is 5.75 Å². The summed E-state index contributed by atoms with van der Waals surface area (Å²) in [4.78, 5) is 4.40. The Hall–Kier alpha value is -1.28. The average Bonchev–Trinajstić information content (AvgIpc) is 2.17. The van der Waals surface area contributed by atoms with Crippen molar-refractivity contribution in [3.8, 4) is 5.75 Å². The van der Waals surface area contributed by atoms with Crippen molar-refractivity contribution < 1.29 is 4.74 Å². The summed E-state index contributed by atoms with van der Waals surface area (Å²) in [6.45, 7) is 1.94. The van der Waals surface area contributed by atoms with Crippen LogP contribution >= 0.6 is 11.6 Å². The number of aryl methyl sites for hydroxylation is 1. The van der Waals surface area contributed by atoms with Crippen molar-refractivity contribution in [2.45, 2.75) is 6.92 Å². The summed E-state index contributed by atoms with van der Waals surface area (Å²) in [7, 11) is 1.60. The Kier molecular flexibility index (Phi) is 2.30. The molecule has 0 N–H and O–H groups in total. The van der Waals surface area contributed by atoms with Gasteiger partial charge < -0.3 is 4.74 Å².